The molecule has 1 aromatic heterocycles. The highest BCUT2D eigenvalue weighted by Crippen LogP contribution is 2.18. The molecule has 0 saturated heterocycles. The molecule has 3 aromatic rings. The largest absolute Gasteiger partial charge is 0.452 e. The minimum absolute atomic E-state index is 0.102. The molecule has 1 heterocycles. The number of benzene rings is 2. The number of carbonyl (C=O) groups excluding carboxylic acids is 2. The molecule has 2 aromatic carbocycles. The van der Waals surface area contributed by atoms with E-state index in [0.717, 1.165) is 11.8 Å². The summed E-state index contributed by atoms with van der Waals surface area (Å²) in [4.78, 5) is 24.4. The summed E-state index contributed by atoms with van der Waals surface area (Å²) < 4.78 is 31.5. The highest BCUT2D eigenvalue weighted by Gasteiger charge is 2.14. The third-order valence-electron chi connectivity index (χ3n) is 4.00. The van der Waals surface area contributed by atoms with Crippen molar-refractivity contribution in [3.05, 3.63) is 76.9 Å². The summed E-state index contributed by atoms with van der Waals surface area (Å²) in [7, 11) is -3.49. The van der Waals surface area contributed by atoms with Crippen LogP contribution >= 0.6 is 11.6 Å². The number of esters is 1. The van der Waals surface area contributed by atoms with Gasteiger partial charge >= 0.3 is 5.97 Å². The van der Waals surface area contributed by atoms with Gasteiger partial charge in [0, 0.05) is 16.8 Å². The maximum atomic E-state index is 12.2. The van der Waals surface area contributed by atoms with Crippen LogP contribution in [-0.2, 0) is 26.1 Å². The van der Waals surface area contributed by atoms with Gasteiger partial charge in [-0.3, -0.25) is 9.52 Å². The zero-order valence-corrected chi connectivity index (χ0v) is 18.0. The second-order valence-corrected chi connectivity index (χ2v) is 8.70. The molecule has 1 amide bonds. The fourth-order valence-corrected chi connectivity index (χ4v) is 3.42. The molecule has 0 aliphatic heterocycles. The van der Waals surface area contributed by atoms with E-state index in [-0.39, 0.29) is 11.3 Å². The summed E-state index contributed by atoms with van der Waals surface area (Å²) in [6, 6.07) is 14.6. The third-order valence-corrected chi connectivity index (χ3v) is 4.97. The molecule has 11 heteroatoms. The summed E-state index contributed by atoms with van der Waals surface area (Å²) in [6.07, 6.45) is 2.53. The van der Waals surface area contributed by atoms with Crippen molar-refractivity contribution in [3.8, 4) is 0 Å². The van der Waals surface area contributed by atoms with Crippen LogP contribution in [0.25, 0.3) is 0 Å². The van der Waals surface area contributed by atoms with Crippen LogP contribution < -0.4 is 10.0 Å². The summed E-state index contributed by atoms with van der Waals surface area (Å²) in [5.41, 5.74) is 1.15. The Morgan fingerprint density at radius 1 is 1.13 bits per heavy atom. The lowest BCUT2D eigenvalue weighted by Gasteiger charge is -2.11. The van der Waals surface area contributed by atoms with Gasteiger partial charge in [0.25, 0.3) is 5.91 Å². The number of anilines is 2. The normalized spacial score (nSPS) is 11.0. The molecular weight excluding hydrogens is 444 g/mol. The van der Waals surface area contributed by atoms with E-state index >= 15 is 0 Å². The summed E-state index contributed by atoms with van der Waals surface area (Å²) in [5.74, 6) is -0.906. The molecule has 9 nitrogen and oxygen atoms in total. The van der Waals surface area contributed by atoms with Gasteiger partial charge in [-0.25, -0.2) is 17.9 Å². The van der Waals surface area contributed by atoms with E-state index in [1.807, 2.05) is 18.2 Å². The van der Waals surface area contributed by atoms with Crippen LogP contribution in [-0.4, -0.2) is 42.9 Å². The Kier molecular flexibility index (Phi) is 6.93. The third kappa shape index (κ3) is 6.56. The number of ether oxygens (including phenoxy) is 1. The maximum absolute atomic E-state index is 12.2. The molecule has 0 aliphatic carbocycles. The fourth-order valence-electron chi connectivity index (χ4n) is 2.67. The second-order valence-electron chi connectivity index (χ2n) is 6.54. The molecule has 3 rings (SSSR count). The molecule has 2 N–H and O–H groups in total. The van der Waals surface area contributed by atoms with Crippen molar-refractivity contribution < 1.29 is 22.7 Å². The SMILES string of the molecule is CS(=O)(=O)Nc1cccc(C(=O)OCC(=O)Nc2ccnn2Cc2ccccc2Cl)c1. The number of nitrogens with zero attached hydrogens (tertiary/aromatic N) is 2. The standard InChI is InChI=1S/C20H19ClN4O5S/c1-31(28,29)24-16-7-4-6-14(11-16)20(27)30-13-19(26)23-18-9-10-22-25(18)12-15-5-2-3-8-17(15)21/h2-11,24H,12-13H2,1H3,(H,23,26). The van der Waals surface area contributed by atoms with Gasteiger partial charge in [-0.15, -0.1) is 0 Å². The molecule has 0 radical (unpaired) electrons. The van der Waals surface area contributed by atoms with E-state index in [0.29, 0.717) is 17.4 Å². The van der Waals surface area contributed by atoms with Crippen LogP contribution in [0.3, 0.4) is 0 Å². The van der Waals surface area contributed by atoms with E-state index in [1.165, 1.54) is 30.5 Å². The van der Waals surface area contributed by atoms with Crippen LogP contribution in [0.5, 0.6) is 0 Å². The van der Waals surface area contributed by atoms with Gasteiger partial charge in [0.2, 0.25) is 10.0 Å². The maximum Gasteiger partial charge on any atom is 0.338 e. The Morgan fingerprint density at radius 3 is 2.65 bits per heavy atom. The Hall–Kier alpha value is -3.37. The van der Waals surface area contributed by atoms with Crippen molar-refractivity contribution in [2.24, 2.45) is 0 Å². The molecule has 0 saturated carbocycles. The van der Waals surface area contributed by atoms with Crippen molar-refractivity contribution in [3.63, 3.8) is 0 Å². The van der Waals surface area contributed by atoms with Crippen molar-refractivity contribution in [2.75, 3.05) is 22.9 Å². The van der Waals surface area contributed by atoms with Crippen molar-refractivity contribution >= 4 is 45.0 Å². The van der Waals surface area contributed by atoms with Crippen LogP contribution in [0.4, 0.5) is 11.5 Å². The lowest BCUT2D eigenvalue weighted by Crippen LogP contribution is -2.23. The first-order valence-corrected chi connectivity index (χ1v) is 11.3. The first-order chi connectivity index (χ1) is 14.7. The van der Waals surface area contributed by atoms with Gasteiger partial charge in [0.1, 0.15) is 5.82 Å². The summed E-state index contributed by atoms with van der Waals surface area (Å²) in [5, 5.41) is 7.38. The zero-order valence-electron chi connectivity index (χ0n) is 16.4. The monoisotopic (exact) mass is 462 g/mol. The smallest absolute Gasteiger partial charge is 0.338 e. The van der Waals surface area contributed by atoms with Gasteiger partial charge < -0.3 is 10.1 Å². The van der Waals surface area contributed by atoms with Crippen LogP contribution in [0.1, 0.15) is 15.9 Å². The summed E-state index contributed by atoms with van der Waals surface area (Å²) in [6.45, 7) is -0.179. The van der Waals surface area contributed by atoms with Crippen LogP contribution in [0, 0.1) is 0 Å². The molecule has 0 bridgehead atoms. The quantitative estimate of drug-likeness (QED) is 0.497. The zero-order chi connectivity index (χ0) is 22.4. The highest BCUT2D eigenvalue weighted by atomic mass is 35.5. The van der Waals surface area contributed by atoms with Crippen molar-refractivity contribution in [1.82, 2.24) is 9.78 Å². The molecule has 0 fully saturated rings. The number of rotatable bonds is 8. The number of aromatic nitrogens is 2. The van der Waals surface area contributed by atoms with Crippen molar-refractivity contribution in [2.45, 2.75) is 6.54 Å². The Morgan fingerprint density at radius 2 is 1.90 bits per heavy atom. The average molecular weight is 463 g/mol. The van der Waals surface area contributed by atoms with Gasteiger partial charge in [-0.05, 0) is 29.8 Å². The Bertz CT molecular complexity index is 1210. The molecule has 0 spiro atoms. The van der Waals surface area contributed by atoms with E-state index in [1.54, 1.807) is 16.8 Å². The molecule has 0 atom stereocenters. The first kappa shape index (κ1) is 22.3. The van der Waals surface area contributed by atoms with E-state index in [2.05, 4.69) is 15.1 Å². The molecule has 31 heavy (non-hydrogen) atoms. The van der Waals surface area contributed by atoms with Gasteiger partial charge in [-0.2, -0.15) is 5.10 Å². The number of nitrogens with one attached hydrogen (secondary N) is 2. The average Bonchev–Trinajstić information content (AvgIpc) is 3.13. The summed E-state index contributed by atoms with van der Waals surface area (Å²) >= 11 is 6.16. The lowest BCUT2D eigenvalue weighted by atomic mass is 10.2. The minimum Gasteiger partial charge on any atom is -0.452 e. The molecule has 0 aliphatic rings. The highest BCUT2D eigenvalue weighted by molar-refractivity contribution is 7.92. The van der Waals surface area contributed by atoms with Crippen LogP contribution in [0.2, 0.25) is 5.02 Å². The molecule has 0 unspecified atom stereocenters. The number of halogens is 1. The van der Waals surface area contributed by atoms with Gasteiger partial charge in [0.15, 0.2) is 6.61 Å². The number of amides is 1. The number of carbonyl (C=O) groups is 2. The minimum atomic E-state index is -3.49. The van der Waals surface area contributed by atoms with Gasteiger partial charge in [-0.1, -0.05) is 35.9 Å². The number of sulfonamides is 1. The van der Waals surface area contributed by atoms with Crippen molar-refractivity contribution in [1.29, 1.82) is 0 Å². The second kappa shape index (κ2) is 9.63. The Labute approximate surface area is 184 Å². The van der Waals surface area contributed by atoms with E-state index in [4.69, 9.17) is 16.3 Å². The predicted molar refractivity (Wildman–Crippen MR) is 117 cm³/mol. The van der Waals surface area contributed by atoms with Crippen LogP contribution in [0.15, 0.2) is 60.8 Å². The molecule has 162 valence electrons. The Balaban J connectivity index is 1.58. The van der Waals surface area contributed by atoms with Gasteiger partial charge in [0.05, 0.1) is 24.6 Å². The number of hydrogen-bond acceptors (Lipinski definition) is 6. The fraction of sp³-hybridized carbons (Fsp3) is 0.150. The van der Waals surface area contributed by atoms with E-state index < -0.39 is 28.5 Å². The lowest BCUT2D eigenvalue weighted by molar-refractivity contribution is -0.119. The number of hydrogen-bond donors (Lipinski definition) is 2. The first-order valence-electron chi connectivity index (χ1n) is 9.01. The van der Waals surface area contributed by atoms with E-state index in [9.17, 15) is 18.0 Å². The molecular formula is C20H19ClN4O5S. The predicted octanol–water partition coefficient (Wildman–Crippen LogP) is 2.75. The topological polar surface area (TPSA) is 119 Å².